The quantitative estimate of drug-likeness (QED) is 0.445. The van der Waals surface area contributed by atoms with Crippen LogP contribution in [0.25, 0.3) is 0 Å². The first kappa shape index (κ1) is 5.20. The van der Waals surface area contributed by atoms with Crippen LogP contribution in [0.5, 0.6) is 0 Å². The summed E-state index contributed by atoms with van der Waals surface area (Å²) >= 11 is 1.46. The Morgan fingerprint density at radius 1 is 2.00 bits per heavy atom. The molecule has 30 valence electrons. The number of halogens is 2. The van der Waals surface area contributed by atoms with E-state index in [1.807, 2.05) is 0 Å². The van der Waals surface area contributed by atoms with Gasteiger partial charge in [0.15, 0.2) is 0 Å². The molecular weight excluding hydrogens is 184 g/mol. The highest BCUT2D eigenvalue weighted by molar-refractivity contribution is 14.1. The maximum absolute atomic E-state index is 11.1. The molecule has 0 aromatic carbocycles. The fourth-order valence-corrected chi connectivity index (χ4v) is 0. The van der Waals surface area contributed by atoms with E-state index in [2.05, 4.69) is 6.58 Å². The molecule has 5 heavy (non-hydrogen) atoms. The first-order chi connectivity index (χ1) is 2.27. The maximum Gasteiger partial charge on any atom is 0.0957 e. The van der Waals surface area contributed by atoms with Gasteiger partial charge in [0.2, 0.25) is 0 Å². The topological polar surface area (TPSA) is 3.24 Å². The molecule has 0 amide bonds. The first-order valence-corrected chi connectivity index (χ1v) is 1.97. The Kier molecular flexibility index (Phi) is 2.54. The molecule has 1 nitrogen and oxygen atoms in total. The Morgan fingerprint density at radius 3 is 2.20 bits per heavy atom. The van der Waals surface area contributed by atoms with Crippen molar-refractivity contribution in [1.29, 1.82) is 0 Å². The average molecular weight is 187 g/mol. The van der Waals surface area contributed by atoms with Crippen molar-refractivity contribution in [1.82, 2.24) is 3.34 Å². The third-order valence-corrected chi connectivity index (χ3v) is 0.532. The Balaban J connectivity index is 2.83. The maximum atomic E-state index is 11.1. The van der Waals surface area contributed by atoms with Crippen LogP contribution in [0.15, 0.2) is 12.8 Å². The smallest absolute Gasteiger partial charge is 0.0957 e. The van der Waals surface area contributed by atoms with Gasteiger partial charge in [-0.1, -0.05) is 11.1 Å². The molecule has 0 fully saturated rings. The van der Waals surface area contributed by atoms with Crippen LogP contribution in [0.4, 0.5) is 4.48 Å². The third-order valence-electron chi connectivity index (χ3n) is 0.138. The lowest BCUT2D eigenvalue weighted by atomic mass is 11.1. The molecule has 0 spiro atoms. The Morgan fingerprint density at radius 2 is 2.20 bits per heavy atom. The van der Waals surface area contributed by atoms with Crippen molar-refractivity contribution in [3.63, 3.8) is 0 Å². The zero-order chi connectivity index (χ0) is 4.28. The van der Waals surface area contributed by atoms with Crippen molar-refractivity contribution in [2.75, 3.05) is 0 Å². The zero-order valence-corrected chi connectivity index (χ0v) is 4.65. The summed E-state index contributed by atoms with van der Waals surface area (Å²) in [7, 11) is 0. The molecule has 0 saturated heterocycles. The van der Waals surface area contributed by atoms with E-state index in [1.165, 1.54) is 22.9 Å². The van der Waals surface area contributed by atoms with Gasteiger partial charge in [-0.05, 0) is 0 Å². The highest BCUT2D eigenvalue weighted by Crippen LogP contribution is 1.95. The second-order valence-corrected chi connectivity index (χ2v) is 1.36. The van der Waals surface area contributed by atoms with Gasteiger partial charge >= 0.3 is 0 Å². The molecule has 0 N–H and O–H groups in total. The molecular formula is C2H3FIN. The molecule has 0 heterocycles. The summed E-state index contributed by atoms with van der Waals surface area (Å²) in [6.07, 6.45) is 1.07. The molecule has 0 aliphatic carbocycles. The van der Waals surface area contributed by atoms with Crippen molar-refractivity contribution < 1.29 is 4.48 Å². The Labute approximate surface area is 43.9 Å². The van der Waals surface area contributed by atoms with Crippen LogP contribution in [-0.4, -0.2) is 3.34 Å². The van der Waals surface area contributed by atoms with Gasteiger partial charge in [-0.2, -0.15) is 3.34 Å². The van der Waals surface area contributed by atoms with Crippen molar-refractivity contribution in [2.24, 2.45) is 0 Å². The van der Waals surface area contributed by atoms with Gasteiger partial charge in [0, 0.05) is 6.20 Å². The van der Waals surface area contributed by atoms with Gasteiger partial charge in [-0.3, -0.25) is 0 Å². The standard InChI is InChI=1S/C2H3FIN/c1-2-5(3)4/h2H,1H2. The van der Waals surface area contributed by atoms with E-state index < -0.39 is 0 Å². The fraction of sp³-hybridized carbons (Fsp3) is 0. The second kappa shape index (κ2) is 2.44. The van der Waals surface area contributed by atoms with Crippen molar-refractivity contribution in [2.45, 2.75) is 0 Å². The molecule has 3 heteroatoms. The number of hydrogen-bond donors (Lipinski definition) is 0. The highest BCUT2D eigenvalue weighted by atomic mass is 127. The molecule has 0 aromatic heterocycles. The van der Waals surface area contributed by atoms with Crippen LogP contribution in [0.3, 0.4) is 0 Å². The molecule has 0 aromatic rings. The van der Waals surface area contributed by atoms with Crippen molar-refractivity contribution in [3.8, 4) is 0 Å². The number of nitrogens with zero attached hydrogens (tertiary/aromatic N) is 1. The Bertz CT molecular complexity index is 36.6. The Hall–Kier alpha value is 0.200. The minimum Gasteiger partial charge on any atom is -0.159 e. The summed E-state index contributed by atoms with van der Waals surface area (Å²) in [5, 5.41) is 0. The average Bonchev–Trinajstić information content (AvgIpc) is 1.38. The molecule has 0 bridgehead atoms. The summed E-state index contributed by atoms with van der Waals surface area (Å²) in [5.41, 5.74) is 0. The van der Waals surface area contributed by atoms with Gasteiger partial charge in [0.25, 0.3) is 0 Å². The largest absolute Gasteiger partial charge is 0.159 e. The normalized spacial score (nSPS) is 6.80. The predicted molar refractivity (Wildman–Crippen MR) is 27.2 cm³/mol. The van der Waals surface area contributed by atoms with E-state index in [1.54, 1.807) is 0 Å². The van der Waals surface area contributed by atoms with E-state index >= 15 is 0 Å². The zero-order valence-electron chi connectivity index (χ0n) is 2.49. The molecule has 0 atom stereocenters. The van der Waals surface area contributed by atoms with Crippen molar-refractivity contribution in [3.05, 3.63) is 12.8 Å². The van der Waals surface area contributed by atoms with Crippen LogP contribution in [0.1, 0.15) is 0 Å². The first-order valence-electron chi connectivity index (χ1n) is 1.00. The van der Waals surface area contributed by atoms with Crippen molar-refractivity contribution >= 4 is 22.9 Å². The molecule has 0 saturated carbocycles. The summed E-state index contributed by atoms with van der Waals surface area (Å²) in [6, 6.07) is 0. The molecule has 0 unspecified atom stereocenters. The van der Waals surface area contributed by atoms with Crippen LogP contribution in [0.2, 0.25) is 0 Å². The van der Waals surface area contributed by atoms with E-state index in [4.69, 9.17) is 0 Å². The lowest BCUT2D eigenvalue weighted by molar-refractivity contribution is 0.262. The summed E-state index contributed by atoms with van der Waals surface area (Å²) < 4.78 is 11.5. The number of rotatable bonds is 1. The van der Waals surface area contributed by atoms with Gasteiger partial charge in [0.05, 0.1) is 22.9 Å². The van der Waals surface area contributed by atoms with Crippen LogP contribution < -0.4 is 0 Å². The lowest BCUT2D eigenvalue weighted by Gasteiger charge is -1.86. The predicted octanol–water partition coefficient (Wildman–Crippen LogP) is 1.67. The fourth-order valence-electron chi connectivity index (χ4n) is 0. The summed E-state index contributed by atoms with van der Waals surface area (Å²) in [5.74, 6) is 0. The van der Waals surface area contributed by atoms with E-state index in [9.17, 15) is 4.48 Å². The van der Waals surface area contributed by atoms with Crippen LogP contribution in [0, 0.1) is 0 Å². The number of hydrogen-bond acceptors (Lipinski definition) is 1. The van der Waals surface area contributed by atoms with E-state index in [-0.39, 0.29) is 0 Å². The lowest BCUT2D eigenvalue weighted by Crippen LogP contribution is -1.76. The molecule has 0 aliphatic heterocycles. The van der Waals surface area contributed by atoms with Crippen LogP contribution >= 0.6 is 22.9 Å². The molecule has 0 rings (SSSR count). The van der Waals surface area contributed by atoms with Gasteiger partial charge in [-0.25, -0.2) is 0 Å². The molecule has 0 aliphatic rings. The molecule has 0 radical (unpaired) electrons. The van der Waals surface area contributed by atoms with E-state index in [0.29, 0.717) is 3.34 Å². The monoisotopic (exact) mass is 187 g/mol. The van der Waals surface area contributed by atoms with Gasteiger partial charge in [-0.15, -0.1) is 0 Å². The van der Waals surface area contributed by atoms with Gasteiger partial charge < -0.3 is 0 Å². The van der Waals surface area contributed by atoms with Crippen LogP contribution in [-0.2, 0) is 0 Å². The minimum atomic E-state index is 0.359. The van der Waals surface area contributed by atoms with E-state index in [0.717, 1.165) is 6.20 Å². The third kappa shape index (κ3) is 4.20. The van der Waals surface area contributed by atoms with Gasteiger partial charge in [0.1, 0.15) is 0 Å². The minimum absolute atomic E-state index is 0.359. The summed E-state index contributed by atoms with van der Waals surface area (Å²) in [6.45, 7) is 3.10. The SMILES string of the molecule is C=CN(F)I. The second-order valence-electron chi connectivity index (χ2n) is 0.442. The summed E-state index contributed by atoms with van der Waals surface area (Å²) in [4.78, 5) is 0. The highest BCUT2D eigenvalue weighted by Gasteiger charge is 1.72.